The Bertz CT molecular complexity index is 1170. The molecule has 6 heteroatoms. The summed E-state index contributed by atoms with van der Waals surface area (Å²) in [5.74, 6) is 0.210. The van der Waals surface area contributed by atoms with E-state index in [0.29, 0.717) is 17.9 Å². The maximum atomic E-state index is 12.1. The fourth-order valence-corrected chi connectivity index (χ4v) is 4.07. The molecule has 0 saturated carbocycles. The van der Waals surface area contributed by atoms with E-state index in [0.717, 1.165) is 17.7 Å². The van der Waals surface area contributed by atoms with Gasteiger partial charge in [0, 0.05) is 12.1 Å². The second kappa shape index (κ2) is 12.2. The van der Waals surface area contributed by atoms with E-state index in [9.17, 15) is 9.59 Å². The molecular formula is C30H35NO5. The van der Waals surface area contributed by atoms with Gasteiger partial charge in [-0.25, -0.2) is 0 Å². The normalized spacial score (nSPS) is 11.6. The molecular weight excluding hydrogens is 454 g/mol. The van der Waals surface area contributed by atoms with Crippen LogP contribution < -0.4 is 14.8 Å². The summed E-state index contributed by atoms with van der Waals surface area (Å²) in [5.41, 5.74) is 7.85. The fraction of sp³-hybridized carbons (Fsp3) is 0.333. The maximum Gasteiger partial charge on any atom is 0.305 e. The highest BCUT2D eigenvalue weighted by Gasteiger charge is 2.14. The van der Waals surface area contributed by atoms with Crippen molar-refractivity contribution in [1.29, 1.82) is 0 Å². The van der Waals surface area contributed by atoms with E-state index in [4.69, 9.17) is 14.6 Å². The van der Waals surface area contributed by atoms with Crippen LogP contribution in [0.2, 0.25) is 0 Å². The van der Waals surface area contributed by atoms with Crippen LogP contribution in [0.1, 0.15) is 69.6 Å². The molecule has 2 N–H and O–H groups in total. The van der Waals surface area contributed by atoms with Crippen molar-refractivity contribution in [2.24, 2.45) is 0 Å². The number of amides is 1. The molecule has 0 fully saturated rings. The first-order valence-corrected chi connectivity index (χ1v) is 12.2. The SMILES string of the molecule is CC[C@@H](Oc1ccc(C(=O)NCCC(=O)O)cc1)c1ccc(OCc2c(C)c(C)cc(C)c2C)cc1. The standard InChI is InChI=1S/C30H35NO5/c1-6-28(36-26-13-9-24(10-14-26)30(34)31-16-15-29(32)33)23-7-11-25(12-8-23)35-18-27-21(4)19(2)17-20(3)22(27)5/h7-14,17,28H,6,15-16,18H2,1-5H3,(H,31,34)(H,32,33)/t28-/m1/s1. The molecule has 0 saturated heterocycles. The van der Waals surface area contributed by atoms with Crippen LogP contribution in [0.4, 0.5) is 0 Å². The van der Waals surface area contributed by atoms with Gasteiger partial charge in [-0.15, -0.1) is 0 Å². The van der Waals surface area contributed by atoms with Crippen molar-refractivity contribution in [3.05, 3.63) is 93.5 Å². The highest BCUT2D eigenvalue weighted by atomic mass is 16.5. The number of benzene rings is 3. The molecule has 190 valence electrons. The van der Waals surface area contributed by atoms with Crippen molar-refractivity contribution in [3.63, 3.8) is 0 Å². The number of rotatable bonds is 11. The van der Waals surface area contributed by atoms with Crippen LogP contribution in [-0.4, -0.2) is 23.5 Å². The molecule has 0 bridgehead atoms. The minimum Gasteiger partial charge on any atom is -0.489 e. The molecule has 0 unspecified atom stereocenters. The number of aliphatic carboxylic acids is 1. The van der Waals surface area contributed by atoms with Gasteiger partial charge in [-0.05, 0) is 104 Å². The Morgan fingerprint density at radius 3 is 2.03 bits per heavy atom. The Hall–Kier alpha value is -3.80. The van der Waals surface area contributed by atoms with Gasteiger partial charge in [0.25, 0.3) is 5.91 Å². The van der Waals surface area contributed by atoms with E-state index in [-0.39, 0.29) is 25.0 Å². The molecule has 0 aliphatic carbocycles. The van der Waals surface area contributed by atoms with Crippen molar-refractivity contribution < 1.29 is 24.2 Å². The van der Waals surface area contributed by atoms with E-state index in [2.05, 4.69) is 46.0 Å². The summed E-state index contributed by atoms with van der Waals surface area (Å²) in [4.78, 5) is 22.7. The zero-order valence-electron chi connectivity index (χ0n) is 21.7. The topological polar surface area (TPSA) is 84.9 Å². The average Bonchev–Trinajstić information content (AvgIpc) is 2.86. The third-order valence-electron chi connectivity index (χ3n) is 6.55. The summed E-state index contributed by atoms with van der Waals surface area (Å²) in [6.45, 7) is 11.2. The predicted octanol–water partition coefficient (Wildman–Crippen LogP) is 6.23. The van der Waals surface area contributed by atoms with E-state index in [1.807, 2.05) is 24.3 Å². The highest BCUT2D eigenvalue weighted by molar-refractivity contribution is 5.94. The monoisotopic (exact) mass is 489 g/mol. The van der Waals surface area contributed by atoms with Gasteiger partial charge >= 0.3 is 5.97 Å². The molecule has 3 aromatic rings. The van der Waals surface area contributed by atoms with Gasteiger partial charge in [0.05, 0.1) is 6.42 Å². The molecule has 6 nitrogen and oxygen atoms in total. The Kier molecular flexibility index (Phi) is 9.12. The van der Waals surface area contributed by atoms with Gasteiger partial charge in [0.2, 0.25) is 0 Å². The van der Waals surface area contributed by atoms with Crippen LogP contribution in [0.3, 0.4) is 0 Å². The van der Waals surface area contributed by atoms with Crippen LogP contribution in [0.15, 0.2) is 54.6 Å². The number of hydrogen-bond donors (Lipinski definition) is 2. The zero-order valence-corrected chi connectivity index (χ0v) is 21.7. The number of aryl methyl sites for hydroxylation is 2. The maximum absolute atomic E-state index is 12.1. The lowest BCUT2D eigenvalue weighted by molar-refractivity contribution is -0.136. The smallest absolute Gasteiger partial charge is 0.305 e. The van der Waals surface area contributed by atoms with Crippen LogP contribution in [0.25, 0.3) is 0 Å². The number of carboxylic acid groups (broad SMARTS) is 1. The van der Waals surface area contributed by atoms with Gasteiger partial charge in [-0.1, -0.05) is 25.1 Å². The van der Waals surface area contributed by atoms with Gasteiger partial charge < -0.3 is 19.9 Å². The second-order valence-corrected chi connectivity index (χ2v) is 9.04. The molecule has 0 radical (unpaired) electrons. The Labute approximate surface area is 213 Å². The molecule has 36 heavy (non-hydrogen) atoms. The lowest BCUT2D eigenvalue weighted by Gasteiger charge is -2.19. The third kappa shape index (κ3) is 6.87. The van der Waals surface area contributed by atoms with Crippen LogP contribution >= 0.6 is 0 Å². The average molecular weight is 490 g/mol. The summed E-state index contributed by atoms with van der Waals surface area (Å²) in [6.07, 6.45) is 0.525. The van der Waals surface area contributed by atoms with Crippen LogP contribution in [0, 0.1) is 27.7 Å². The molecule has 3 rings (SSSR count). The third-order valence-corrected chi connectivity index (χ3v) is 6.55. The molecule has 0 aromatic heterocycles. The molecule has 1 atom stereocenters. The van der Waals surface area contributed by atoms with Crippen LogP contribution in [-0.2, 0) is 11.4 Å². The molecule has 3 aromatic carbocycles. The summed E-state index contributed by atoms with van der Waals surface area (Å²) < 4.78 is 12.3. The van der Waals surface area contributed by atoms with Crippen molar-refractivity contribution in [1.82, 2.24) is 5.32 Å². The van der Waals surface area contributed by atoms with Crippen molar-refractivity contribution in [2.75, 3.05) is 6.54 Å². The Balaban J connectivity index is 1.60. The first-order chi connectivity index (χ1) is 17.2. The second-order valence-electron chi connectivity index (χ2n) is 9.04. The first kappa shape index (κ1) is 26.8. The first-order valence-electron chi connectivity index (χ1n) is 12.2. The number of ether oxygens (including phenoxy) is 2. The minimum absolute atomic E-state index is 0.0912. The Morgan fingerprint density at radius 1 is 0.889 bits per heavy atom. The Morgan fingerprint density at radius 2 is 1.47 bits per heavy atom. The molecule has 0 aliphatic heterocycles. The molecule has 0 spiro atoms. The summed E-state index contributed by atoms with van der Waals surface area (Å²) in [6, 6.07) is 17.1. The molecule has 0 heterocycles. The number of nitrogens with one attached hydrogen (secondary N) is 1. The molecule has 0 aliphatic rings. The largest absolute Gasteiger partial charge is 0.489 e. The lowest BCUT2D eigenvalue weighted by Crippen LogP contribution is -2.25. The number of carboxylic acids is 1. The molecule has 1 amide bonds. The summed E-state index contributed by atoms with van der Waals surface area (Å²) in [7, 11) is 0. The fourth-order valence-electron chi connectivity index (χ4n) is 4.07. The number of carbonyl (C=O) groups excluding carboxylic acids is 1. The van der Waals surface area contributed by atoms with Gasteiger partial charge in [0.15, 0.2) is 0 Å². The highest BCUT2D eigenvalue weighted by Crippen LogP contribution is 2.28. The van der Waals surface area contributed by atoms with Gasteiger partial charge in [0.1, 0.15) is 24.2 Å². The van der Waals surface area contributed by atoms with Crippen molar-refractivity contribution in [2.45, 2.75) is 60.2 Å². The summed E-state index contributed by atoms with van der Waals surface area (Å²) in [5, 5.41) is 11.3. The van der Waals surface area contributed by atoms with Crippen molar-refractivity contribution >= 4 is 11.9 Å². The predicted molar refractivity (Wildman–Crippen MR) is 141 cm³/mol. The number of hydrogen-bond acceptors (Lipinski definition) is 4. The lowest BCUT2D eigenvalue weighted by atomic mass is 9.95. The van der Waals surface area contributed by atoms with E-state index >= 15 is 0 Å². The van der Waals surface area contributed by atoms with E-state index < -0.39 is 5.97 Å². The number of carbonyl (C=O) groups is 2. The van der Waals surface area contributed by atoms with Gasteiger partial charge in [-0.2, -0.15) is 0 Å². The van der Waals surface area contributed by atoms with E-state index in [1.54, 1.807) is 24.3 Å². The quantitative estimate of drug-likeness (QED) is 0.333. The summed E-state index contributed by atoms with van der Waals surface area (Å²) >= 11 is 0. The van der Waals surface area contributed by atoms with Crippen LogP contribution in [0.5, 0.6) is 11.5 Å². The van der Waals surface area contributed by atoms with E-state index in [1.165, 1.54) is 27.8 Å². The van der Waals surface area contributed by atoms with Gasteiger partial charge in [-0.3, -0.25) is 9.59 Å². The minimum atomic E-state index is -0.948. The van der Waals surface area contributed by atoms with Crippen molar-refractivity contribution in [3.8, 4) is 11.5 Å². The zero-order chi connectivity index (χ0) is 26.2.